The van der Waals surface area contributed by atoms with Gasteiger partial charge in [-0.3, -0.25) is 4.90 Å². The number of piperazine rings is 1. The Kier molecular flexibility index (Phi) is 5.15. The van der Waals surface area contributed by atoms with E-state index in [1.54, 1.807) is 0 Å². The first-order chi connectivity index (χ1) is 9.25. The quantitative estimate of drug-likeness (QED) is 0.657. The van der Waals surface area contributed by atoms with Crippen LogP contribution in [0.25, 0.3) is 0 Å². The number of esters is 1. The summed E-state index contributed by atoms with van der Waals surface area (Å²) in [6.07, 6.45) is 3.43. The molecular weight excluding hydrogens is 244 g/mol. The number of hydrogen-bond donors (Lipinski definition) is 2. The summed E-state index contributed by atoms with van der Waals surface area (Å²) in [5.74, 6) is -0.250. The number of piperidine rings is 1. The summed E-state index contributed by atoms with van der Waals surface area (Å²) < 4.78 is 5.30. The second kappa shape index (κ2) is 6.65. The van der Waals surface area contributed by atoms with Gasteiger partial charge in [-0.25, -0.2) is 10.1 Å². The van der Waals surface area contributed by atoms with Crippen molar-refractivity contribution in [1.82, 2.24) is 15.5 Å². The zero-order valence-corrected chi connectivity index (χ0v) is 11.7. The average molecular weight is 269 g/mol. The van der Waals surface area contributed by atoms with Crippen molar-refractivity contribution in [2.24, 2.45) is 5.73 Å². The Morgan fingerprint density at radius 3 is 2.84 bits per heavy atom. The van der Waals surface area contributed by atoms with Gasteiger partial charge >= 0.3 is 5.97 Å². The molecule has 2 heterocycles. The van der Waals surface area contributed by atoms with Crippen LogP contribution < -0.4 is 16.4 Å². The second-order valence-corrected chi connectivity index (χ2v) is 5.12. The van der Waals surface area contributed by atoms with E-state index in [-0.39, 0.29) is 12.0 Å². The van der Waals surface area contributed by atoms with E-state index in [0.29, 0.717) is 19.7 Å². The Balaban J connectivity index is 2.26. The van der Waals surface area contributed by atoms with Crippen molar-refractivity contribution in [3.8, 4) is 0 Å². The summed E-state index contributed by atoms with van der Waals surface area (Å²) >= 11 is 0. The maximum Gasteiger partial charge on any atom is 0.344 e. The molecule has 0 bridgehead atoms. The third-order valence-electron chi connectivity index (χ3n) is 3.99. The number of rotatable bonds is 4. The molecule has 6 nitrogen and oxygen atoms in total. The Bertz CT molecular complexity index is 307. The summed E-state index contributed by atoms with van der Waals surface area (Å²) in [7, 11) is 0. The second-order valence-electron chi connectivity index (χ2n) is 5.12. The highest BCUT2D eigenvalue weighted by Gasteiger charge is 2.53. The molecule has 0 aromatic heterocycles. The van der Waals surface area contributed by atoms with Gasteiger partial charge in [0.1, 0.15) is 0 Å². The highest BCUT2D eigenvalue weighted by Crippen LogP contribution is 2.26. The molecular formula is C13H25N4O2. The van der Waals surface area contributed by atoms with Crippen LogP contribution in [0.15, 0.2) is 0 Å². The van der Waals surface area contributed by atoms with Gasteiger partial charge in [-0.2, -0.15) is 0 Å². The molecule has 1 radical (unpaired) electrons. The topological polar surface area (TPSA) is 81.7 Å². The average Bonchev–Trinajstić information content (AvgIpc) is 2.48. The van der Waals surface area contributed by atoms with E-state index in [4.69, 9.17) is 10.5 Å². The number of hydrogen-bond acceptors (Lipinski definition) is 5. The van der Waals surface area contributed by atoms with Crippen LogP contribution in [0.3, 0.4) is 0 Å². The zero-order valence-electron chi connectivity index (χ0n) is 11.7. The van der Waals surface area contributed by atoms with Gasteiger partial charge in [-0.1, -0.05) is 6.42 Å². The standard InChI is InChI=1S/C13H25N4O2/c1-2-19-12(18)13(17-8-4-3-5-9-17)11(10-14)15-6-7-16-13/h11,15H,2-10,14H2,1H3. The Morgan fingerprint density at radius 1 is 1.47 bits per heavy atom. The predicted molar refractivity (Wildman–Crippen MR) is 72.6 cm³/mol. The maximum absolute atomic E-state index is 12.5. The molecule has 2 atom stereocenters. The predicted octanol–water partition coefficient (Wildman–Crippen LogP) is -0.733. The summed E-state index contributed by atoms with van der Waals surface area (Å²) in [5.41, 5.74) is 4.95. The zero-order chi connectivity index (χ0) is 13.7. The number of carbonyl (C=O) groups is 1. The molecule has 0 aromatic carbocycles. The fourth-order valence-corrected chi connectivity index (χ4v) is 3.09. The van der Waals surface area contributed by atoms with Gasteiger partial charge in [0.25, 0.3) is 0 Å². The van der Waals surface area contributed by atoms with Crippen molar-refractivity contribution in [3.63, 3.8) is 0 Å². The Hall–Kier alpha value is -0.690. The molecule has 2 fully saturated rings. The monoisotopic (exact) mass is 269 g/mol. The first kappa shape index (κ1) is 14.7. The van der Waals surface area contributed by atoms with Gasteiger partial charge in [-0.05, 0) is 19.8 Å². The van der Waals surface area contributed by atoms with Crippen molar-refractivity contribution < 1.29 is 9.53 Å². The lowest BCUT2D eigenvalue weighted by molar-refractivity contribution is -0.167. The molecule has 19 heavy (non-hydrogen) atoms. The largest absolute Gasteiger partial charge is 0.464 e. The van der Waals surface area contributed by atoms with Crippen molar-refractivity contribution >= 4 is 5.97 Å². The van der Waals surface area contributed by atoms with Crippen molar-refractivity contribution in [1.29, 1.82) is 0 Å². The van der Waals surface area contributed by atoms with Crippen LogP contribution in [0, 0.1) is 0 Å². The van der Waals surface area contributed by atoms with Crippen LogP contribution >= 0.6 is 0 Å². The number of nitrogens with two attached hydrogens (primary N) is 1. The minimum Gasteiger partial charge on any atom is -0.464 e. The Labute approximate surface area is 115 Å². The molecule has 2 aliphatic rings. The molecule has 0 amide bonds. The third-order valence-corrected chi connectivity index (χ3v) is 3.99. The van der Waals surface area contributed by atoms with Crippen molar-refractivity contribution in [2.75, 3.05) is 39.3 Å². The van der Waals surface area contributed by atoms with Gasteiger partial charge in [0.2, 0.25) is 5.66 Å². The highest BCUT2D eigenvalue weighted by molar-refractivity contribution is 5.81. The fourth-order valence-electron chi connectivity index (χ4n) is 3.09. The van der Waals surface area contributed by atoms with E-state index in [9.17, 15) is 4.79 Å². The molecule has 0 spiro atoms. The third kappa shape index (κ3) is 2.76. The van der Waals surface area contributed by atoms with E-state index >= 15 is 0 Å². The molecule has 0 aliphatic carbocycles. The van der Waals surface area contributed by atoms with Crippen LogP contribution in [-0.2, 0) is 9.53 Å². The molecule has 2 aliphatic heterocycles. The molecule has 0 aromatic rings. The number of ether oxygens (including phenoxy) is 1. The molecule has 6 heteroatoms. The lowest BCUT2D eigenvalue weighted by Gasteiger charge is -2.49. The normalized spacial score (nSPS) is 33.1. The molecule has 2 rings (SSSR count). The van der Waals surface area contributed by atoms with E-state index in [2.05, 4.69) is 15.5 Å². The lowest BCUT2D eigenvalue weighted by atomic mass is 9.92. The van der Waals surface area contributed by atoms with Crippen LogP contribution in [-0.4, -0.2) is 61.9 Å². The number of likely N-dealkylation sites (tertiary alicyclic amines) is 1. The summed E-state index contributed by atoms with van der Waals surface area (Å²) in [6.45, 7) is 5.78. The smallest absolute Gasteiger partial charge is 0.344 e. The van der Waals surface area contributed by atoms with Crippen LogP contribution in [0.5, 0.6) is 0 Å². The van der Waals surface area contributed by atoms with E-state index < -0.39 is 5.66 Å². The van der Waals surface area contributed by atoms with Crippen molar-refractivity contribution in [2.45, 2.75) is 37.9 Å². The lowest BCUT2D eigenvalue weighted by Crippen LogP contribution is -2.76. The number of carbonyl (C=O) groups excluding carboxylic acids is 1. The number of nitrogens with one attached hydrogen (secondary N) is 1. The molecule has 2 saturated heterocycles. The molecule has 3 N–H and O–H groups in total. The molecule has 109 valence electrons. The fraction of sp³-hybridized carbons (Fsp3) is 0.923. The molecule has 2 unspecified atom stereocenters. The van der Waals surface area contributed by atoms with E-state index in [1.165, 1.54) is 6.42 Å². The minimum absolute atomic E-state index is 0.154. The van der Waals surface area contributed by atoms with Gasteiger partial charge in [0.05, 0.1) is 12.6 Å². The molecule has 0 saturated carbocycles. The van der Waals surface area contributed by atoms with Gasteiger partial charge in [-0.15, -0.1) is 0 Å². The minimum atomic E-state index is -0.913. The summed E-state index contributed by atoms with van der Waals surface area (Å²) in [6, 6.07) is -0.154. The summed E-state index contributed by atoms with van der Waals surface area (Å²) in [5, 5.41) is 8.00. The SMILES string of the molecule is CCOC(=O)C1(N2CCCCC2)[N]CCNC1CN. The van der Waals surface area contributed by atoms with E-state index in [1.807, 2.05) is 6.92 Å². The summed E-state index contributed by atoms with van der Waals surface area (Å²) in [4.78, 5) is 14.7. The van der Waals surface area contributed by atoms with Gasteiger partial charge in [0.15, 0.2) is 0 Å². The van der Waals surface area contributed by atoms with Crippen LogP contribution in [0.4, 0.5) is 0 Å². The van der Waals surface area contributed by atoms with Gasteiger partial charge in [0, 0.05) is 32.7 Å². The van der Waals surface area contributed by atoms with E-state index in [0.717, 1.165) is 32.5 Å². The van der Waals surface area contributed by atoms with Crippen LogP contribution in [0.2, 0.25) is 0 Å². The van der Waals surface area contributed by atoms with Gasteiger partial charge < -0.3 is 15.8 Å². The first-order valence-corrected chi connectivity index (χ1v) is 7.30. The first-order valence-electron chi connectivity index (χ1n) is 7.30. The van der Waals surface area contributed by atoms with Crippen molar-refractivity contribution in [3.05, 3.63) is 0 Å². The number of nitrogens with zero attached hydrogens (tertiary/aromatic N) is 2. The maximum atomic E-state index is 12.5. The Morgan fingerprint density at radius 2 is 2.21 bits per heavy atom. The highest BCUT2D eigenvalue weighted by atomic mass is 16.5. The van der Waals surface area contributed by atoms with Crippen LogP contribution in [0.1, 0.15) is 26.2 Å².